The first-order chi connectivity index (χ1) is 10.2. The summed E-state index contributed by atoms with van der Waals surface area (Å²) >= 11 is 6.08. The highest BCUT2D eigenvalue weighted by Crippen LogP contribution is 2.36. The van der Waals surface area contributed by atoms with Crippen molar-refractivity contribution in [2.24, 2.45) is 0 Å². The van der Waals surface area contributed by atoms with E-state index in [2.05, 4.69) is 9.97 Å². The summed E-state index contributed by atoms with van der Waals surface area (Å²) in [5.41, 5.74) is -0.102. The van der Waals surface area contributed by atoms with Gasteiger partial charge in [-0.2, -0.15) is 0 Å². The van der Waals surface area contributed by atoms with Crippen LogP contribution in [0.5, 0.6) is 0 Å². The first kappa shape index (κ1) is 14.3. The lowest BCUT2D eigenvalue weighted by Gasteiger charge is -2.33. The van der Waals surface area contributed by atoms with Gasteiger partial charge in [0.2, 0.25) is 0 Å². The second-order valence-corrected chi connectivity index (χ2v) is 5.33. The zero-order valence-corrected chi connectivity index (χ0v) is 12.5. The van der Waals surface area contributed by atoms with Crippen LogP contribution in [0, 0.1) is 0 Å². The van der Waals surface area contributed by atoms with E-state index in [1.807, 2.05) is 4.40 Å². The average molecular weight is 310 g/mol. The maximum absolute atomic E-state index is 12.6. The molecule has 0 radical (unpaired) electrons. The molecule has 0 N–H and O–H groups in total. The molecule has 3 heterocycles. The van der Waals surface area contributed by atoms with Gasteiger partial charge in [0.15, 0.2) is 5.15 Å². The van der Waals surface area contributed by atoms with Crippen LogP contribution < -0.4 is 0 Å². The predicted octanol–water partition coefficient (Wildman–Crippen LogP) is 1.99. The molecule has 0 aliphatic carbocycles. The molecule has 0 atom stereocenters. The van der Waals surface area contributed by atoms with Crippen LogP contribution in [0.4, 0.5) is 0 Å². The molecule has 7 heteroatoms. The zero-order valence-electron chi connectivity index (χ0n) is 11.7. The molecule has 0 bridgehead atoms. The van der Waals surface area contributed by atoms with Gasteiger partial charge in [-0.15, -0.1) is 0 Å². The standard InChI is InChI=1S/C14H16ClN3O3/c1-2-21-13(19)14(3-7-20-8-4-14)12-17-9-10-11(15)16-5-6-18(10)12/h5-6,9H,2-4,7-8H2,1H3. The maximum atomic E-state index is 12.6. The molecule has 2 aromatic rings. The Morgan fingerprint density at radius 3 is 2.95 bits per heavy atom. The van der Waals surface area contributed by atoms with E-state index in [1.54, 1.807) is 25.5 Å². The van der Waals surface area contributed by atoms with E-state index in [4.69, 9.17) is 21.1 Å². The summed E-state index contributed by atoms with van der Waals surface area (Å²) in [7, 11) is 0. The van der Waals surface area contributed by atoms with E-state index < -0.39 is 5.41 Å². The fraction of sp³-hybridized carbons (Fsp3) is 0.500. The molecule has 112 valence electrons. The number of esters is 1. The minimum Gasteiger partial charge on any atom is -0.465 e. The highest BCUT2D eigenvalue weighted by Gasteiger charge is 2.46. The Balaban J connectivity index is 2.14. The quantitative estimate of drug-likeness (QED) is 0.811. The fourth-order valence-corrected chi connectivity index (χ4v) is 2.95. The van der Waals surface area contributed by atoms with Crippen LogP contribution in [0.2, 0.25) is 5.15 Å². The van der Waals surface area contributed by atoms with Crippen molar-refractivity contribution in [1.29, 1.82) is 0 Å². The van der Waals surface area contributed by atoms with Gasteiger partial charge in [0, 0.05) is 25.6 Å². The molecule has 0 unspecified atom stereocenters. The average Bonchev–Trinajstić information content (AvgIpc) is 2.94. The van der Waals surface area contributed by atoms with Crippen molar-refractivity contribution in [3.8, 4) is 0 Å². The third-order valence-corrected chi connectivity index (χ3v) is 4.14. The van der Waals surface area contributed by atoms with E-state index in [1.165, 1.54) is 0 Å². The molecule has 1 saturated heterocycles. The number of halogens is 1. The van der Waals surface area contributed by atoms with Crippen molar-refractivity contribution in [3.05, 3.63) is 29.6 Å². The second-order valence-electron chi connectivity index (χ2n) is 4.97. The molecule has 0 aromatic carbocycles. The van der Waals surface area contributed by atoms with Gasteiger partial charge in [0.1, 0.15) is 16.8 Å². The molecular formula is C14H16ClN3O3. The maximum Gasteiger partial charge on any atom is 0.319 e. The normalized spacial score (nSPS) is 17.8. The van der Waals surface area contributed by atoms with Gasteiger partial charge in [-0.05, 0) is 19.8 Å². The molecule has 6 nitrogen and oxygen atoms in total. The minimum absolute atomic E-state index is 0.256. The summed E-state index contributed by atoms with van der Waals surface area (Å²) in [6, 6.07) is 0. The van der Waals surface area contributed by atoms with Crippen molar-refractivity contribution in [3.63, 3.8) is 0 Å². The van der Waals surface area contributed by atoms with Crippen LogP contribution in [0.1, 0.15) is 25.6 Å². The Labute approximate surface area is 127 Å². The number of ether oxygens (including phenoxy) is 2. The second kappa shape index (κ2) is 5.61. The van der Waals surface area contributed by atoms with Crippen molar-refractivity contribution in [2.45, 2.75) is 25.2 Å². The molecule has 21 heavy (non-hydrogen) atoms. The van der Waals surface area contributed by atoms with Crippen LogP contribution in [-0.2, 0) is 19.7 Å². The van der Waals surface area contributed by atoms with Crippen LogP contribution in [0.25, 0.3) is 5.52 Å². The third-order valence-electron chi connectivity index (χ3n) is 3.85. The van der Waals surface area contributed by atoms with Crippen LogP contribution in [-0.4, -0.2) is 40.2 Å². The zero-order chi connectivity index (χ0) is 14.9. The van der Waals surface area contributed by atoms with E-state index in [-0.39, 0.29) is 5.97 Å². The van der Waals surface area contributed by atoms with Gasteiger partial charge in [0.25, 0.3) is 0 Å². The van der Waals surface area contributed by atoms with Gasteiger partial charge in [0.05, 0.1) is 12.8 Å². The Morgan fingerprint density at radius 1 is 1.48 bits per heavy atom. The molecule has 1 fully saturated rings. The van der Waals surface area contributed by atoms with E-state index in [0.29, 0.717) is 49.2 Å². The van der Waals surface area contributed by atoms with Crippen molar-refractivity contribution in [2.75, 3.05) is 19.8 Å². The van der Waals surface area contributed by atoms with Crippen molar-refractivity contribution in [1.82, 2.24) is 14.4 Å². The monoisotopic (exact) mass is 309 g/mol. The number of hydrogen-bond donors (Lipinski definition) is 0. The number of imidazole rings is 1. The highest BCUT2D eigenvalue weighted by atomic mass is 35.5. The summed E-state index contributed by atoms with van der Waals surface area (Å²) in [6.45, 7) is 3.15. The first-order valence-corrected chi connectivity index (χ1v) is 7.30. The Kier molecular flexibility index (Phi) is 3.82. The number of fused-ring (bicyclic) bond motifs is 1. The topological polar surface area (TPSA) is 65.7 Å². The Hall–Kier alpha value is -1.66. The summed E-state index contributed by atoms with van der Waals surface area (Å²) in [5, 5.41) is 0.363. The Bertz CT molecular complexity index is 665. The largest absolute Gasteiger partial charge is 0.465 e. The number of carbonyl (C=O) groups is 1. The Morgan fingerprint density at radius 2 is 2.24 bits per heavy atom. The smallest absolute Gasteiger partial charge is 0.319 e. The molecule has 1 aliphatic heterocycles. The number of rotatable bonds is 3. The molecule has 2 aromatic heterocycles. The lowest BCUT2D eigenvalue weighted by atomic mass is 9.79. The molecule has 0 saturated carbocycles. The summed E-state index contributed by atoms with van der Waals surface area (Å²) in [4.78, 5) is 21.0. The molecule has 0 spiro atoms. The van der Waals surface area contributed by atoms with Crippen molar-refractivity contribution < 1.29 is 14.3 Å². The van der Waals surface area contributed by atoms with Gasteiger partial charge in [-0.1, -0.05) is 11.6 Å². The SMILES string of the molecule is CCOC(=O)C1(c2ncc3c(Cl)nccn23)CCOCC1. The minimum atomic E-state index is -0.786. The number of aromatic nitrogens is 3. The van der Waals surface area contributed by atoms with E-state index in [0.717, 1.165) is 0 Å². The van der Waals surface area contributed by atoms with Crippen LogP contribution in [0.15, 0.2) is 18.6 Å². The van der Waals surface area contributed by atoms with Gasteiger partial charge < -0.3 is 9.47 Å². The number of hydrogen-bond acceptors (Lipinski definition) is 5. The lowest BCUT2D eigenvalue weighted by molar-refractivity contribution is -0.154. The molecule has 3 rings (SSSR count). The van der Waals surface area contributed by atoms with Crippen LogP contribution >= 0.6 is 11.6 Å². The number of carbonyl (C=O) groups excluding carboxylic acids is 1. The summed E-state index contributed by atoms with van der Waals surface area (Å²) in [6.07, 6.45) is 6.09. The summed E-state index contributed by atoms with van der Waals surface area (Å²) < 4.78 is 12.5. The van der Waals surface area contributed by atoms with Crippen LogP contribution in [0.3, 0.4) is 0 Å². The molecule has 1 aliphatic rings. The van der Waals surface area contributed by atoms with E-state index in [9.17, 15) is 4.79 Å². The highest BCUT2D eigenvalue weighted by molar-refractivity contribution is 6.32. The van der Waals surface area contributed by atoms with Gasteiger partial charge >= 0.3 is 5.97 Å². The third kappa shape index (κ3) is 2.28. The number of nitrogens with zero attached hydrogens (tertiary/aromatic N) is 3. The van der Waals surface area contributed by atoms with Gasteiger partial charge in [-0.25, -0.2) is 9.97 Å². The molecule has 0 amide bonds. The lowest BCUT2D eigenvalue weighted by Crippen LogP contribution is -2.44. The van der Waals surface area contributed by atoms with Crippen molar-refractivity contribution >= 4 is 23.1 Å². The summed E-state index contributed by atoms with van der Waals surface area (Å²) in [5.74, 6) is 0.386. The predicted molar refractivity (Wildman–Crippen MR) is 76.4 cm³/mol. The van der Waals surface area contributed by atoms with Gasteiger partial charge in [-0.3, -0.25) is 9.20 Å². The fourth-order valence-electron chi connectivity index (χ4n) is 2.76. The molecular weight excluding hydrogens is 294 g/mol. The van der Waals surface area contributed by atoms with E-state index >= 15 is 0 Å². The first-order valence-electron chi connectivity index (χ1n) is 6.92.